The van der Waals surface area contributed by atoms with Crippen LogP contribution in [0.2, 0.25) is 0 Å². The van der Waals surface area contributed by atoms with Crippen LogP contribution in [-0.2, 0) is 0 Å². The Morgan fingerprint density at radius 2 is 1.78 bits per heavy atom. The summed E-state index contributed by atoms with van der Waals surface area (Å²) in [5, 5.41) is 5.20. The summed E-state index contributed by atoms with van der Waals surface area (Å²) in [6.07, 6.45) is 3.12. The van der Waals surface area contributed by atoms with E-state index in [4.69, 9.17) is 8.83 Å². The molecule has 0 aliphatic heterocycles. The summed E-state index contributed by atoms with van der Waals surface area (Å²) < 4.78 is 12.3. The summed E-state index contributed by atoms with van der Waals surface area (Å²) in [6, 6.07) is 20.6. The van der Waals surface area contributed by atoms with Crippen molar-refractivity contribution in [1.82, 2.24) is 14.8 Å². The molecule has 0 N–H and O–H groups in total. The van der Waals surface area contributed by atoms with Crippen LogP contribution in [0.4, 0.5) is 0 Å². The molecule has 0 radical (unpaired) electrons. The van der Waals surface area contributed by atoms with Crippen LogP contribution in [0.3, 0.4) is 0 Å². The van der Waals surface area contributed by atoms with Crippen molar-refractivity contribution in [3.8, 4) is 28.4 Å². The van der Waals surface area contributed by atoms with Gasteiger partial charge in [-0.25, -0.2) is 14.5 Å². The summed E-state index contributed by atoms with van der Waals surface area (Å²) in [6.45, 7) is 0. The fourth-order valence-electron chi connectivity index (χ4n) is 2.95. The van der Waals surface area contributed by atoms with E-state index in [0.29, 0.717) is 22.9 Å². The van der Waals surface area contributed by atoms with E-state index >= 15 is 0 Å². The molecule has 0 saturated carbocycles. The Morgan fingerprint density at radius 3 is 2.59 bits per heavy atom. The van der Waals surface area contributed by atoms with Gasteiger partial charge in [0.15, 0.2) is 11.5 Å². The first-order valence-electron chi connectivity index (χ1n) is 8.37. The Hall–Kier alpha value is -3.93. The molecule has 0 saturated heterocycles. The molecule has 5 rings (SSSR count). The van der Waals surface area contributed by atoms with Crippen LogP contribution in [0.1, 0.15) is 0 Å². The highest BCUT2D eigenvalue weighted by Gasteiger charge is 2.12. The molecule has 0 aliphatic rings. The van der Waals surface area contributed by atoms with Crippen molar-refractivity contribution in [1.29, 1.82) is 0 Å². The van der Waals surface area contributed by atoms with Crippen LogP contribution >= 0.6 is 0 Å². The quantitative estimate of drug-likeness (QED) is 0.451. The molecule has 3 heterocycles. The van der Waals surface area contributed by atoms with Crippen molar-refractivity contribution in [2.45, 2.75) is 0 Å². The molecule has 6 heteroatoms. The Bertz CT molecular complexity index is 1290. The number of aromatic nitrogens is 3. The standard InChI is InChI=1S/C21H13N3O3/c25-21-17(24-13-22-20(23-24)14-5-2-1-3-6-14)11-15-8-9-16(12-19(15)27-21)18-7-4-10-26-18/h1-13H. The normalized spacial score (nSPS) is 11.1. The third-order valence-electron chi connectivity index (χ3n) is 4.29. The summed E-state index contributed by atoms with van der Waals surface area (Å²) in [4.78, 5) is 16.8. The molecule has 27 heavy (non-hydrogen) atoms. The SMILES string of the molecule is O=c1oc2cc(-c3ccco3)ccc2cc1-n1cnc(-c2ccccc2)n1. The second kappa shape index (κ2) is 6.10. The van der Waals surface area contributed by atoms with E-state index in [1.165, 1.54) is 11.0 Å². The first kappa shape index (κ1) is 15.3. The number of hydrogen-bond donors (Lipinski definition) is 0. The Morgan fingerprint density at radius 1 is 0.889 bits per heavy atom. The molecule has 3 aromatic heterocycles. The molecule has 0 atom stereocenters. The lowest BCUT2D eigenvalue weighted by Gasteiger charge is -2.03. The van der Waals surface area contributed by atoms with Gasteiger partial charge in [0.1, 0.15) is 17.7 Å². The molecule has 130 valence electrons. The van der Waals surface area contributed by atoms with Gasteiger partial charge < -0.3 is 8.83 Å². The molecule has 0 unspecified atom stereocenters. The maximum absolute atomic E-state index is 12.5. The van der Waals surface area contributed by atoms with Gasteiger partial charge in [0.25, 0.3) is 0 Å². The van der Waals surface area contributed by atoms with Crippen LogP contribution < -0.4 is 5.63 Å². The maximum atomic E-state index is 12.5. The van der Waals surface area contributed by atoms with E-state index in [-0.39, 0.29) is 0 Å². The zero-order valence-electron chi connectivity index (χ0n) is 14.1. The van der Waals surface area contributed by atoms with Gasteiger partial charge in [0.05, 0.1) is 6.26 Å². The van der Waals surface area contributed by atoms with Crippen LogP contribution in [0.5, 0.6) is 0 Å². The van der Waals surface area contributed by atoms with E-state index < -0.39 is 5.63 Å². The van der Waals surface area contributed by atoms with Gasteiger partial charge >= 0.3 is 5.63 Å². The van der Waals surface area contributed by atoms with E-state index in [0.717, 1.165) is 16.5 Å². The summed E-state index contributed by atoms with van der Waals surface area (Å²) in [7, 11) is 0. The molecule has 0 aliphatic carbocycles. The molecule has 5 aromatic rings. The average molecular weight is 355 g/mol. The minimum Gasteiger partial charge on any atom is -0.464 e. The molecule has 6 nitrogen and oxygen atoms in total. The number of nitrogens with zero attached hydrogens (tertiary/aromatic N) is 3. The fourth-order valence-corrected chi connectivity index (χ4v) is 2.95. The lowest BCUT2D eigenvalue weighted by molar-refractivity contribution is 0.551. The molecule has 0 amide bonds. The molecular weight excluding hydrogens is 342 g/mol. The molecular formula is C21H13N3O3. The third kappa shape index (κ3) is 2.73. The summed E-state index contributed by atoms with van der Waals surface area (Å²) >= 11 is 0. The van der Waals surface area contributed by atoms with Gasteiger partial charge in [-0.2, -0.15) is 0 Å². The maximum Gasteiger partial charge on any atom is 0.362 e. The number of fused-ring (bicyclic) bond motifs is 1. The first-order chi connectivity index (χ1) is 13.3. The van der Waals surface area contributed by atoms with Gasteiger partial charge in [-0.15, -0.1) is 5.10 Å². The topological polar surface area (TPSA) is 74.1 Å². The highest BCUT2D eigenvalue weighted by atomic mass is 16.4. The number of rotatable bonds is 3. The van der Waals surface area contributed by atoms with Crippen LogP contribution in [0, 0.1) is 0 Å². The van der Waals surface area contributed by atoms with Crippen molar-refractivity contribution in [3.05, 3.63) is 89.7 Å². The highest BCUT2D eigenvalue weighted by molar-refractivity contribution is 5.82. The van der Waals surface area contributed by atoms with E-state index in [1.807, 2.05) is 54.6 Å². The minimum absolute atomic E-state index is 0.308. The molecule has 0 spiro atoms. The molecule has 2 aromatic carbocycles. The van der Waals surface area contributed by atoms with E-state index in [2.05, 4.69) is 10.1 Å². The Labute approximate surface area is 153 Å². The Balaban J connectivity index is 1.58. The second-order valence-corrected chi connectivity index (χ2v) is 6.03. The zero-order valence-corrected chi connectivity index (χ0v) is 14.1. The molecule has 0 bridgehead atoms. The van der Waals surface area contributed by atoms with E-state index in [9.17, 15) is 4.79 Å². The van der Waals surface area contributed by atoms with Crippen LogP contribution in [0.15, 0.2) is 92.9 Å². The minimum atomic E-state index is -0.483. The van der Waals surface area contributed by atoms with Crippen LogP contribution in [-0.4, -0.2) is 14.8 Å². The predicted octanol–water partition coefficient (Wildman–Crippen LogP) is 4.30. The second-order valence-electron chi connectivity index (χ2n) is 6.03. The fraction of sp³-hybridized carbons (Fsp3) is 0. The number of furan rings is 1. The highest BCUT2D eigenvalue weighted by Crippen LogP contribution is 2.25. The van der Waals surface area contributed by atoms with Crippen molar-refractivity contribution >= 4 is 11.0 Å². The number of hydrogen-bond acceptors (Lipinski definition) is 5. The third-order valence-corrected chi connectivity index (χ3v) is 4.29. The van der Waals surface area contributed by atoms with Gasteiger partial charge in [0.2, 0.25) is 0 Å². The Kier molecular flexibility index (Phi) is 3.47. The lowest BCUT2D eigenvalue weighted by atomic mass is 10.1. The van der Waals surface area contributed by atoms with Crippen molar-refractivity contribution in [3.63, 3.8) is 0 Å². The first-order valence-corrected chi connectivity index (χ1v) is 8.37. The zero-order chi connectivity index (χ0) is 18.2. The lowest BCUT2D eigenvalue weighted by Crippen LogP contribution is -2.10. The number of benzene rings is 2. The largest absolute Gasteiger partial charge is 0.464 e. The van der Waals surface area contributed by atoms with Gasteiger partial charge in [0, 0.05) is 16.5 Å². The smallest absolute Gasteiger partial charge is 0.362 e. The monoisotopic (exact) mass is 355 g/mol. The van der Waals surface area contributed by atoms with Gasteiger partial charge in [-0.3, -0.25) is 0 Å². The average Bonchev–Trinajstić information content (AvgIpc) is 3.40. The van der Waals surface area contributed by atoms with Crippen molar-refractivity contribution in [2.75, 3.05) is 0 Å². The van der Waals surface area contributed by atoms with Crippen LogP contribution in [0.25, 0.3) is 39.4 Å². The van der Waals surface area contributed by atoms with Crippen molar-refractivity contribution in [2.24, 2.45) is 0 Å². The summed E-state index contributed by atoms with van der Waals surface area (Å²) in [5.74, 6) is 1.26. The molecule has 0 fully saturated rings. The predicted molar refractivity (Wildman–Crippen MR) is 101 cm³/mol. The van der Waals surface area contributed by atoms with Gasteiger partial charge in [-0.1, -0.05) is 42.5 Å². The van der Waals surface area contributed by atoms with Gasteiger partial charge in [-0.05, 0) is 24.3 Å². The van der Waals surface area contributed by atoms with Crippen molar-refractivity contribution < 1.29 is 8.83 Å². The summed E-state index contributed by atoms with van der Waals surface area (Å²) in [5.41, 5.74) is 2.03. The van der Waals surface area contributed by atoms with E-state index in [1.54, 1.807) is 18.4 Å².